The Morgan fingerprint density at radius 1 is 0.769 bits per heavy atom. The molecule has 0 unspecified atom stereocenters. The maximum absolute atomic E-state index is 11.3. The Bertz CT molecular complexity index is 1770. The van der Waals surface area contributed by atoms with Gasteiger partial charge in [0.15, 0.2) is 0 Å². The number of hydrogen-bond donors (Lipinski definition) is 0. The first-order chi connectivity index (χ1) is 25.4. The van der Waals surface area contributed by atoms with Gasteiger partial charge >= 0.3 is 11.9 Å². The van der Waals surface area contributed by atoms with Crippen molar-refractivity contribution in [3.63, 3.8) is 0 Å². The van der Waals surface area contributed by atoms with Crippen LogP contribution < -0.4 is 9.64 Å². The van der Waals surface area contributed by atoms with Crippen LogP contribution >= 0.6 is 22.7 Å². The molecule has 11 nitrogen and oxygen atoms in total. The molecular formula is C39H48N6O5S2. The average molecular weight is 745 g/mol. The fourth-order valence-electron chi connectivity index (χ4n) is 5.21. The number of likely N-dealkylation sites (N-methyl/N-ethyl adjacent to an activating group) is 1. The number of thiazole rings is 1. The molecule has 0 saturated heterocycles. The highest BCUT2D eigenvalue weighted by atomic mass is 32.1. The maximum atomic E-state index is 11.3. The molecule has 276 valence electrons. The maximum Gasteiger partial charge on any atom is 0.330 e. The lowest BCUT2D eigenvalue weighted by molar-refractivity contribution is -0.138. The summed E-state index contributed by atoms with van der Waals surface area (Å²) in [5.41, 5.74) is 3.52. The molecule has 0 saturated carbocycles. The van der Waals surface area contributed by atoms with Crippen molar-refractivity contribution < 1.29 is 23.8 Å². The topological polar surface area (TPSA) is 127 Å². The van der Waals surface area contributed by atoms with Crippen molar-refractivity contribution in [3.8, 4) is 5.75 Å². The third-order valence-electron chi connectivity index (χ3n) is 8.08. The lowest BCUT2D eigenvalue weighted by atomic mass is 10.1. The van der Waals surface area contributed by atoms with Gasteiger partial charge in [0, 0.05) is 24.4 Å². The van der Waals surface area contributed by atoms with E-state index in [0.717, 1.165) is 75.1 Å². The number of esters is 2. The molecule has 0 radical (unpaired) electrons. The van der Waals surface area contributed by atoms with E-state index in [2.05, 4.69) is 56.5 Å². The number of azo groups is 2. The number of nitrogens with zero attached hydrogens (tertiary/aromatic N) is 6. The molecule has 0 aliphatic carbocycles. The Labute approximate surface area is 314 Å². The Morgan fingerprint density at radius 3 is 2.06 bits per heavy atom. The lowest BCUT2D eigenvalue weighted by Gasteiger charge is -2.23. The fraction of sp³-hybridized carbons (Fsp3) is 0.410. The lowest BCUT2D eigenvalue weighted by Crippen LogP contribution is -2.27. The van der Waals surface area contributed by atoms with E-state index in [4.69, 9.17) is 14.2 Å². The van der Waals surface area contributed by atoms with Crippen molar-refractivity contribution in [2.75, 3.05) is 37.8 Å². The smallest absolute Gasteiger partial charge is 0.330 e. The van der Waals surface area contributed by atoms with E-state index in [1.807, 2.05) is 49.4 Å². The van der Waals surface area contributed by atoms with E-state index >= 15 is 0 Å². The predicted molar refractivity (Wildman–Crippen MR) is 211 cm³/mol. The molecule has 0 aliphatic heterocycles. The van der Waals surface area contributed by atoms with E-state index in [1.165, 1.54) is 66.9 Å². The minimum atomic E-state index is -0.421. The van der Waals surface area contributed by atoms with Crippen molar-refractivity contribution in [2.45, 2.75) is 71.6 Å². The molecule has 4 rings (SSSR count). The number of hydrogen-bond acceptors (Lipinski definition) is 13. The second kappa shape index (κ2) is 22.2. The Morgan fingerprint density at radius 2 is 1.42 bits per heavy atom. The molecule has 0 aliphatic rings. The fourth-order valence-corrected chi connectivity index (χ4v) is 7.06. The number of thiophene rings is 1. The number of unbranched alkanes of at least 4 members (excludes halogenated alkanes) is 8. The van der Waals surface area contributed by atoms with Crippen LogP contribution in [0.15, 0.2) is 94.3 Å². The zero-order chi connectivity index (χ0) is 37.0. The van der Waals surface area contributed by atoms with Crippen LogP contribution in [0.1, 0.15) is 70.3 Å². The summed E-state index contributed by atoms with van der Waals surface area (Å²) in [6, 6.07) is 15.6. The molecular weight excluding hydrogens is 697 g/mol. The third kappa shape index (κ3) is 13.8. The summed E-state index contributed by atoms with van der Waals surface area (Å²) in [6.45, 7) is 13.7. The number of fused-ring (bicyclic) bond motifs is 1. The minimum absolute atomic E-state index is 0.290. The Balaban J connectivity index is 1.14. The van der Waals surface area contributed by atoms with E-state index < -0.39 is 5.97 Å². The highest BCUT2D eigenvalue weighted by Crippen LogP contribution is 2.39. The predicted octanol–water partition coefficient (Wildman–Crippen LogP) is 11.7. The monoisotopic (exact) mass is 744 g/mol. The summed E-state index contributed by atoms with van der Waals surface area (Å²) in [6.07, 6.45) is 12.7. The van der Waals surface area contributed by atoms with Gasteiger partial charge in [-0.3, -0.25) is 0 Å². The minimum Gasteiger partial charge on any atom is -0.494 e. The summed E-state index contributed by atoms with van der Waals surface area (Å²) >= 11 is 2.92. The molecule has 52 heavy (non-hydrogen) atoms. The number of carbonyl (C=O) groups excluding carboxylic acids is 2. The molecule has 0 fully saturated rings. The molecule has 0 atom stereocenters. The van der Waals surface area contributed by atoms with Crippen molar-refractivity contribution in [1.82, 2.24) is 4.98 Å². The van der Waals surface area contributed by atoms with E-state index in [1.54, 1.807) is 0 Å². The van der Waals surface area contributed by atoms with Crippen LogP contribution in [0.4, 0.5) is 27.2 Å². The average Bonchev–Trinajstić information content (AvgIpc) is 3.72. The van der Waals surface area contributed by atoms with Crippen LogP contribution in [0.3, 0.4) is 0 Å². The molecule has 13 heteroatoms. The van der Waals surface area contributed by atoms with Crippen LogP contribution in [-0.2, 0) is 19.1 Å². The molecule has 4 aromatic rings. The van der Waals surface area contributed by atoms with Crippen LogP contribution in [0.2, 0.25) is 0 Å². The summed E-state index contributed by atoms with van der Waals surface area (Å²) < 4.78 is 17.0. The van der Waals surface area contributed by atoms with Crippen LogP contribution in [0, 0.1) is 6.92 Å². The summed E-state index contributed by atoms with van der Waals surface area (Å²) in [4.78, 5) is 29.9. The highest BCUT2D eigenvalue weighted by Gasteiger charge is 2.10. The second-order valence-corrected chi connectivity index (χ2v) is 14.0. The first-order valence-corrected chi connectivity index (χ1v) is 19.4. The Hall–Kier alpha value is -4.75. The SMILES string of the molecule is C=CC(=O)OCCCCCCCCCCCOc1ccc(N=Nc2cc3sc(N=Nc4ccc(N(CC)CCOC(=O)C=C)cc4C)nc3s2)cc1. The van der Waals surface area contributed by atoms with Gasteiger partial charge in [0.05, 0.1) is 35.8 Å². The molecule has 2 heterocycles. The van der Waals surface area contributed by atoms with Crippen molar-refractivity contribution in [3.05, 3.63) is 79.4 Å². The summed E-state index contributed by atoms with van der Waals surface area (Å²) in [5, 5.41) is 19.0. The first kappa shape index (κ1) is 40.0. The van der Waals surface area contributed by atoms with Crippen molar-refractivity contribution in [1.29, 1.82) is 0 Å². The summed E-state index contributed by atoms with van der Waals surface area (Å²) in [5.74, 6) is 0.0705. The number of carbonyl (C=O) groups is 2. The number of anilines is 1. The molecule has 0 N–H and O–H groups in total. The molecule has 0 spiro atoms. The summed E-state index contributed by atoms with van der Waals surface area (Å²) in [7, 11) is 0. The standard InChI is InChI=1S/C39H48N6O5S2/c1-5-36(46)49-25-16-14-12-10-8-9-11-13-15-24-48-32-20-17-30(18-21-32)41-43-35-28-34-38(52-35)40-39(51-34)44-42-33-22-19-31(27-29(33)4)45(7-3)23-26-50-37(47)6-2/h5-6,17-22,27-28H,1-2,7-16,23-26H2,3-4H3. The number of ether oxygens (including phenoxy) is 3. The highest BCUT2D eigenvalue weighted by molar-refractivity contribution is 7.30. The van der Waals surface area contributed by atoms with E-state index in [9.17, 15) is 9.59 Å². The van der Waals surface area contributed by atoms with Gasteiger partial charge in [-0.15, -0.1) is 20.5 Å². The molecule has 2 aromatic heterocycles. The van der Waals surface area contributed by atoms with Gasteiger partial charge in [-0.05, 0) is 80.8 Å². The zero-order valence-electron chi connectivity index (χ0n) is 30.1. The van der Waals surface area contributed by atoms with Gasteiger partial charge < -0.3 is 19.1 Å². The number of aromatic nitrogens is 1. The molecule has 0 bridgehead atoms. The van der Waals surface area contributed by atoms with Gasteiger partial charge in [-0.25, -0.2) is 14.6 Å². The van der Waals surface area contributed by atoms with Gasteiger partial charge in [0.1, 0.15) is 22.2 Å². The van der Waals surface area contributed by atoms with E-state index in [0.29, 0.717) is 24.9 Å². The number of benzene rings is 2. The van der Waals surface area contributed by atoms with Gasteiger partial charge in [-0.1, -0.05) is 80.8 Å². The molecule has 2 aromatic carbocycles. The quantitative estimate of drug-likeness (QED) is 0.0302. The number of aryl methyl sites for hydroxylation is 1. The van der Waals surface area contributed by atoms with Crippen molar-refractivity contribution >= 4 is 71.3 Å². The zero-order valence-corrected chi connectivity index (χ0v) is 31.8. The van der Waals surface area contributed by atoms with E-state index in [-0.39, 0.29) is 12.6 Å². The largest absolute Gasteiger partial charge is 0.494 e. The van der Waals surface area contributed by atoms with Gasteiger partial charge in [-0.2, -0.15) is 0 Å². The molecule has 0 amide bonds. The number of rotatable bonds is 24. The van der Waals surface area contributed by atoms with Crippen LogP contribution in [-0.4, -0.2) is 49.8 Å². The second-order valence-electron chi connectivity index (χ2n) is 12.0. The van der Waals surface area contributed by atoms with Crippen molar-refractivity contribution in [2.24, 2.45) is 20.5 Å². The van der Waals surface area contributed by atoms with Crippen LogP contribution in [0.5, 0.6) is 5.75 Å². The normalized spacial score (nSPS) is 11.3. The van der Waals surface area contributed by atoms with Gasteiger partial charge in [0.25, 0.3) is 0 Å². The van der Waals surface area contributed by atoms with Crippen LogP contribution in [0.25, 0.3) is 9.53 Å². The Kier molecular flexibility index (Phi) is 17.1. The first-order valence-electron chi connectivity index (χ1n) is 17.8. The van der Waals surface area contributed by atoms with Gasteiger partial charge in [0.2, 0.25) is 5.13 Å². The third-order valence-corrected chi connectivity index (χ3v) is 10.0.